The molecule has 0 aliphatic carbocycles. The van der Waals surface area contributed by atoms with Gasteiger partial charge in [0.05, 0.1) is 9.40 Å². The summed E-state index contributed by atoms with van der Waals surface area (Å²) in [5, 5.41) is 13.7. The molecule has 0 saturated carbocycles. The number of amides is 1. The van der Waals surface area contributed by atoms with E-state index in [4.69, 9.17) is 9.47 Å². The number of nitro benzene ring substituents is 1. The van der Waals surface area contributed by atoms with E-state index in [2.05, 4.69) is 26.1 Å². The van der Waals surface area contributed by atoms with E-state index in [0.717, 1.165) is 25.9 Å². The van der Waals surface area contributed by atoms with Crippen LogP contribution in [-0.2, 0) is 4.74 Å². The average molecular weight is 444 g/mol. The Morgan fingerprint density at radius 1 is 1.44 bits per heavy atom. The van der Waals surface area contributed by atoms with Crippen LogP contribution in [0.4, 0.5) is 10.5 Å². The molecule has 1 fully saturated rings. The summed E-state index contributed by atoms with van der Waals surface area (Å²) in [6.07, 6.45) is 1.52. The Hall–Kier alpha value is -1.87. The van der Waals surface area contributed by atoms with Crippen molar-refractivity contribution in [3.8, 4) is 5.75 Å². The van der Waals surface area contributed by atoms with Crippen molar-refractivity contribution in [1.82, 2.24) is 10.2 Å². The Bertz CT molecular complexity index is 677. The number of ether oxygens (including phenoxy) is 2. The van der Waals surface area contributed by atoms with Crippen molar-refractivity contribution >= 4 is 27.7 Å². The number of nitro groups is 1. The molecule has 1 aliphatic heterocycles. The number of carbonyl (C=O) groups is 1. The number of halogens is 1. The summed E-state index contributed by atoms with van der Waals surface area (Å²) < 4.78 is 11.6. The first-order valence-corrected chi connectivity index (χ1v) is 9.72. The number of likely N-dealkylation sites (tertiary alicyclic amines) is 1. The zero-order valence-corrected chi connectivity index (χ0v) is 17.5. The second kappa shape index (κ2) is 9.36. The molecule has 1 amide bonds. The lowest BCUT2D eigenvalue weighted by molar-refractivity contribution is -0.385. The average Bonchev–Trinajstić information content (AvgIpc) is 2.54. The quantitative estimate of drug-likeness (QED) is 0.531. The van der Waals surface area contributed by atoms with E-state index >= 15 is 0 Å². The molecule has 150 valence electrons. The van der Waals surface area contributed by atoms with E-state index in [1.807, 2.05) is 20.8 Å². The van der Waals surface area contributed by atoms with Crippen LogP contribution in [0.1, 0.15) is 33.6 Å². The van der Waals surface area contributed by atoms with Crippen LogP contribution < -0.4 is 10.1 Å². The Balaban J connectivity index is 1.77. The third-order valence-corrected chi connectivity index (χ3v) is 4.64. The van der Waals surface area contributed by atoms with Crippen molar-refractivity contribution in [3.05, 3.63) is 32.8 Å². The van der Waals surface area contributed by atoms with Gasteiger partial charge in [-0.15, -0.1) is 0 Å². The summed E-state index contributed by atoms with van der Waals surface area (Å²) in [6.45, 7) is 8.36. The third kappa shape index (κ3) is 7.34. The van der Waals surface area contributed by atoms with Crippen molar-refractivity contribution in [2.75, 3.05) is 26.2 Å². The number of piperidine rings is 1. The fraction of sp³-hybridized carbons (Fsp3) is 0.611. The minimum Gasteiger partial charge on any atom is -0.491 e. The SMILES string of the molecule is CC(C)(C)OC(=O)NC1CCCN(CCOc2ccc([N+](=O)[O-])cc2Br)C1. The molecule has 8 nitrogen and oxygen atoms in total. The molecule has 0 radical (unpaired) electrons. The van der Waals surface area contributed by atoms with Gasteiger partial charge in [0, 0.05) is 31.3 Å². The molecule has 1 unspecified atom stereocenters. The lowest BCUT2D eigenvalue weighted by atomic mass is 10.1. The van der Waals surface area contributed by atoms with E-state index < -0.39 is 10.5 Å². The molecule has 0 spiro atoms. The number of hydrogen-bond donors (Lipinski definition) is 1. The van der Waals surface area contributed by atoms with Crippen molar-refractivity contribution in [2.24, 2.45) is 0 Å². The van der Waals surface area contributed by atoms with Crippen LogP contribution in [0.25, 0.3) is 0 Å². The monoisotopic (exact) mass is 443 g/mol. The third-order valence-electron chi connectivity index (χ3n) is 4.02. The van der Waals surface area contributed by atoms with Crippen LogP contribution in [0, 0.1) is 10.1 Å². The number of non-ortho nitro benzene ring substituents is 1. The zero-order chi connectivity index (χ0) is 20.0. The second-order valence-electron chi connectivity index (χ2n) is 7.51. The van der Waals surface area contributed by atoms with Gasteiger partial charge in [0.25, 0.3) is 5.69 Å². The summed E-state index contributed by atoms with van der Waals surface area (Å²) >= 11 is 3.30. The van der Waals surface area contributed by atoms with E-state index in [-0.39, 0.29) is 17.8 Å². The Morgan fingerprint density at radius 3 is 2.81 bits per heavy atom. The number of hydrogen-bond acceptors (Lipinski definition) is 6. The van der Waals surface area contributed by atoms with Gasteiger partial charge in [0.1, 0.15) is 18.0 Å². The maximum atomic E-state index is 11.9. The number of carbonyl (C=O) groups excluding carboxylic acids is 1. The number of nitrogens with zero attached hydrogens (tertiary/aromatic N) is 2. The molecule has 1 atom stereocenters. The number of nitrogens with one attached hydrogen (secondary N) is 1. The van der Waals surface area contributed by atoms with Crippen molar-refractivity contribution in [2.45, 2.75) is 45.3 Å². The van der Waals surface area contributed by atoms with Gasteiger partial charge in [-0.2, -0.15) is 0 Å². The highest BCUT2D eigenvalue weighted by Crippen LogP contribution is 2.29. The lowest BCUT2D eigenvalue weighted by Crippen LogP contribution is -2.49. The highest BCUT2D eigenvalue weighted by atomic mass is 79.9. The maximum absolute atomic E-state index is 11.9. The van der Waals surface area contributed by atoms with Crippen LogP contribution in [0.2, 0.25) is 0 Å². The van der Waals surface area contributed by atoms with Crippen LogP contribution in [0.3, 0.4) is 0 Å². The molecule has 0 bridgehead atoms. The molecule has 2 rings (SSSR count). The minimum absolute atomic E-state index is 0.0151. The molecule has 0 aromatic heterocycles. The minimum atomic E-state index is -0.510. The van der Waals surface area contributed by atoms with Gasteiger partial charge in [-0.3, -0.25) is 15.0 Å². The van der Waals surface area contributed by atoms with E-state index in [9.17, 15) is 14.9 Å². The Morgan fingerprint density at radius 2 is 2.19 bits per heavy atom. The predicted molar refractivity (Wildman–Crippen MR) is 105 cm³/mol. The fourth-order valence-electron chi connectivity index (χ4n) is 2.86. The van der Waals surface area contributed by atoms with Crippen LogP contribution in [0.5, 0.6) is 5.75 Å². The number of alkyl carbamates (subject to hydrolysis) is 1. The number of rotatable bonds is 6. The van der Waals surface area contributed by atoms with Gasteiger partial charge in [0.15, 0.2) is 0 Å². The van der Waals surface area contributed by atoms with Crippen LogP contribution in [0.15, 0.2) is 22.7 Å². The molecule has 1 aliphatic rings. The summed E-state index contributed by atoms with van der Waals surface area (Å²) in [6, 6.07) is 4.49. The molecular formula is C18H26BrN3O5. The van der Waals surface area contributed by atoms with Crippen LogP contribution >= 0.6 is 15.9 Å². The molecule has 9 heteroatoms. The highest BCUT2D eigenvalue weighted by molar-refractivity contribution is 9.10. The molecular weight excluding hydrogens is 418 g/mol. The van der Waals surface area contributed by atoms with E-state index in [1.165, 1.54) is 12.1 Å². The van der Waals surface area contributed by atoms with Gasteiger partial charge in [-0.25, -0.2) is 4.79 Å². The lowest BCUT2D eigenvalue weighted by Gasteiger charge is -2.33. The molecule has 1 N–H and O–H groups in total. The van der Waals surface area contributed by atoms with Gasteiger partial charge in [-0.05, 0) is 62.2 Å². The maximum Gasteiger partial charge on any atom is 0.407 e. The summed E-state index contributed by atoms with van der Waals surface area (Å²) in [5.41, 5.74) is -0.494. The molecule has 27 heavy (non-hydrogen) atoms. The molecule has 1 saturated heterocycles. The Labute approximate surface area is 167 Å². The Kier molecular flexibility index (Phi) is 7.43. The number of benzene rings is 1. The summed E-state index contributed by atoms with van der Waals surface area (Å²) in [5.74, 6) is 0.570. The first-order valence-electron chi connectivity index (χ1n) is 8.92. The van der Waals surface area contributed by atoms with Gasteiger partial charge in [-0.1, -0.05) is 0 Å². The first kappa shape index (κ1) is 21.4. The molecule has 1 aromatic rings. The van der Waals surface area contributed by atoms with Gasteiger partial charge < -0.3 is 14.8 Å². The molecule has 1 heterocycles. The first-order chi connectivity index (χ1) is 12.6. The largest absolute Gasteiger partial charge is 0.491 e. The standard InChI is InChI=1S/C18H26BrN3O5/c1-18(2,3)27-17(23)20-13-5-4-8-21(12-13)9-10-26-16-7-6-14(22(24)25)11-15(16)19/h6-7,11,13H,4-5,8-10,12H2,1-3H3,(H,20,23). The van der Waals surface area contributed by atoms with E-state index in [0.29, 0.717) is 23.4 Å². The van der Waals surface area contributed by atoms with Crippen LogP contribution in [-0.4, -0.2) is 53.8 Å². The topological polar surface area (TPSA) is 93.9 Å². The fourth-order valence-corrected chi connectivity index (χ4v) is 3.34. The summed E-state index contributed by atoms with van der Waals surface area (Å²) in [4.78, 5) is 24.5. The predicted octanol–water partition coefficient (Wildman–Crippen LogP) is 3.73. The summed E-state index contributed by atoms with van der Waals surface area (Å²) in [7, 11) is 0. The van der Waals surface area contributed by atoms with Gasteiger partial charge in [0.2, 0.25) is 0 Å². The zero-order valence-electron chi connectivity index (χ0n) is 15.9. The van der Waals surface area contributed by atoms with Crippen molar-refractivity contribution in [1.29, 1.82) is 0 Å². The smallest absolute Gasteiger partial charge is 0.407 e. The van der Waals surface area contributed by atoms with Gasteiger partial charge >= 0.3 is 6.09 Å². The van der Waals surface area contributed by atoms with Crippen molar-refractivity contribution < 1.29 is 19.2 Å². The van der Waals surface area contributed by atoms with Crippen molar-refractivity contribution in [3.63, 3.8) is 0 Å². The highest BCUT2D eigenvalue weighted by Gasteiger charge is 2.24. The normalized spacial score (nSPS) is 18.0. The second-order valence-corrected chi connectivity index (χ2v) is 8.36. The molecule has 1 aromatic carbocycles. The van der Waals surface area contributed by atoms with E-state index in [1.54, 1.807) is 6.07 Å².